The van der Waals surface area contributed by atoms with Crippen molar-refractivity contribution in [2.24, 2.45) is 0 Å². The molecule has 1 aliphatic carbocycles. The molecule has 8 heteroatoms. The zero-order valence-corrected chi connectivity index (χ0v) is 12.2. The molecule has 1 heterocycles. The van der Waals surface area contributed by atoms with Gasteiger partial charge in [-0.05, 0) is 38.4 Å². The SMILES string of the molecule is CN(C1CCNCC1)S(=O)(=O)C1=C([N+](=O)[O-])CCC=C1. The third-order valence-electron chi connectivity index (χ3n) is 3.80. The average molecular weight is 301 g/mol. The second-order valence-electron chi connectivity index (χ2n) is 5.01. The fourth-order valence-corrected chi connectivity index (χ4v) is 4.22. The molecule has 0 radical (unpaired) electrons. The van der Waals surface area contributed by atoms with Crippen LogP contribution in [0.3, 0.4) is 0 Å². The number of nitrogens with one attached hydrogen (secondary N) is 1. The molecular formula is C12H19N3O4S. The molecule has 0 aromatic carbocycles. The molecule has 1 fully saturated rings. The van der Waals surface area contributed by atoms with Gasteiger partial charge in [0.15, 0.2) is 4.91 Å². The maximum atomic E-state index is 12.6. The Morgan fingerprint density at radius 3 is 2.65 bits per heavy atom. The van der Waals surface area contributed by atoms with Gasteiger partial charge in [0.25, 0.3) is 5.70 Å². The fourth-order valence-electron chi connectivity index (χ4n) is 2.57. The van der Waals surface area contributed by atoms with Crippen LogP contribution in [-0.4, -0.2) is 43.8 Å². The molecular weight excluding hydrogens is 282 g/mol. The van der Waals surface area contributed by atoms with Crippen molar-refractivity contribution in [3.8, 4) is 0 Å². The van der Waals surface area contributed by atoms with E-state index in [0.29, 0.717) is 6.42 Å². The Balaban J connectivity index is 2.33. The van der Waals surface area contributed by atoms with Crippen molar-refractivity contribution in [2.75, 3.05) is 20.1 Å². The molecule has 1 aliphatic heterocycles. The summed E-state index contributed by atoms with van der Waals surface area (Å²) in [6, 6.07) is -0.0999. The number of nitro groups is 1. The fraction of sp³-hybridized carbons (Fsp3) is 0.667. The minimum Gasteiger partial charge on any atom is -0.317 e. The molecule has 7 nitrogen and oxygen atoms in total. The van der Waals surface area contributed by atoms with Crippen molar-refractivity contribution in [1.82, 2.24) is 9.62 Å². The lowest BCUT2D eigenvalue weighted by molar-refractivity contribution is -0.428. The minimum atomic E-state index is -3.80. The average Bonchev–Trinajstić information content (AvgIpc) is 2.47. The van der Waals surface area contributed by atoms with Crippen molar-refractivity contribution < 1.29 is 13.3 Å². The highest BCUT2D eigenvalue weighted by atomic mass is 32.2. The molecule has 0 spiro atoms. The Labute approximate surface area is 118 Å². The van der Waals surface area contributed by atoms with Gasteiger partial charge in [-0.3, -0.25) is 10.1 Å². The lowest BCUT2D eigenvalue weighted by Crippen LogP contribution is -2.44. The Hall–Kier alpha value is -1.25. The zero-order valence-electron chi connectivity index (χ0n) is 11.4. The molecule has 0 aromatic heterocycles. The lowest BCUT2D eigenvalue weighted by atomic mass is 10.1. The summed E-state index contributed by atoms with van der Waals surface area (Å²) < 4.78 is 26.5. The highest BCUT2D eigenvalue weighted by Gasteiger charge is 2.35. The van der Waals surface area contributed by atoms with Gasteiger partial charge in [0.2, 0.25) is 10.0 Å². The quantitative estimate of drug-likeness (QED) is 0.613. The van der Waals surface area contributed by atoms with E-state index in [2.05, 4.69) is 5.32 Å². The van der Waals surface area contributed by atoms with E-state index in [-0.39, 0.29) is 23.1 Å². The number of rotatable bonds is 4. The Kier molecular flexibility index (Phi) is 4.56. The highest BCUT2D eigenvalue weighted by Crippen LogP contribution is 2.28. The van der Waals surface area contributed by atoms with Crippen molar-refractivity contribution in [3.05, 3.63) is 32.9 Å². The molecule has 112 valence electrons. The number of allylic oxidation sites excluding steroid dienone is 3. The van der Waals surface area contributed by atoms with Crippen LogP contribution in [0.5, 0.6) is 0 Å². The second-order valence-corrected chi connectivity index (χ2v) is 6.98. The molecule has 1 saturated heterocycles. The Morgan fingerprint density at radius 2 is 2.05 bits per heavy atom. The first kappa shape index (κ1) is 15.1. The summed E-state index contributed by atoms with van der Waals surface area (Å²) in [5.74, 6) is 0. The van der Waals surface area contributed by atoms with Crippen molar-refractivity contribution in [2.45, 2.75) is 31.7 Å². The summed E-state index contributed by atoms with van der Waals surface area (Å²) >= 11 is 0. The lowest BCUT2D eigenvalue weighted by Gasteiger charge is -2.31. The predicted molar refractivity (Wildman–Crippen MR) is 75.0 cm³/mol. The number of piperidine rings is 1. The third kappa shape index (κ3) is 2.92. The van der Waals surface area contributed by atoms with Crippen molar-refractivity contribution in [3.63, 3.8) is 0 Å². The summed E-state index contributed by atoms with van der Waals surface area (Å²) in [6.45, 7) is 1.53. The number of nitrogens with zero attached hydrogens (tertiary/aromatic N) is 2. The van der Waals surface area contributed by atoms with Gasteiger partial charge in [-0.2, -0.15) is 4.31 Å². The van der Waals surface area contributed by atoms with Gasteiger partial charge in [-0.1, -0.05) is 6.08 Å². The molecule has 0 aromatic rings. The van der Waals surface area contributed by atoms with Gasteiger partial charge in [-0.15, -0.1) is 0 Å². The van der Waals surface area contributed by atoms with Crippen LogP contribution < -0.4 is 5.32 Å². The van der Waals surface area contributed by atoms with Crippen LogP contribution in [-0.2, 0) is 10.0 Å². The van der Waals surface area contributed by atoms with Gasteiger partial charge < -0.3 is 5.32 Å². The predicted octanol–water partition coefficient (Wildman–Crippen LogP) is 0.838. The Bertz CT molecular complexity index is 547. The second kappa shape index (κ2) is 6.02. The normalized spacial score (nSPS) is 21.5. The summed E-state index contributed by atoms with van der Waals surface area (Å²) in [7, 11) is -2.29. The molecule has 20 heavy (non-hydrogen) atoms. The van der Waals surface area contributed by atoms with E-state index >= 15 is 0 Å². The van der Waals surface area contributed by atoms with Crippen LogP contribution in [0.2, 0.25) is 0 Å². The molecule has 0 unspecified atom stereocenters. The standard InChI is InChI=1S/C12H19N3O4S/c1-14(10-6-8-13-9-7-10)20(18,19)12-5-3-2-4-11(12)15(16)17/h3,5,10,13H,2,4,6-9H2,1H3. The topological polar surface area (TPSA) is 92.6 Å². The van der Waals surface area contributed by atoms with E-state index in [0.717, 1.165) is 25.9 Å². The molecule has 0 bridgehead atoms. The smallest absolute Gasteiger partial charge is 0.266 e. The van der Waals surface area contributed by atoms with E-state index < -0.39 is 14.9 Å². The monoisotopic (exact) mass is 301 g/mol. The van der Waals surface area contributed by atoms with Gasteiger partial charge in [0.1, 0.15) is 0 Å². The van der Waals surface area contributed by atoms with E-state index in [4.69, 9.17) is 0 Å². The first-order valence-electron chi connectivity index (χ1n) is 6.67. The summed E-state index contributed by atoms with van der Waals surface area (Å²) in [5.41, 5.74) is -0.201. The van der Waals surface area contributed by atoms with Gasteiger partial charge in [0.05, 0.1) is 4.92 Å². The van der Waals surface area contributed by atoms with Crippen LogP contribution >= 0.6 is 0 Å². The molecule has 2 aliphatic rings. The van der Waals surface area contributed by atoms with Gasteiger partial charge >= 0.3 is 0 Å². The highest BCUT2D eigenvalue weighted by molar-refractivity contribution is 7.93. The third-order valence-corrected chi connectivity index (χ3v) is 5.79. The maximum absolute atomic E-state index is 12.6. The summed E-state index contributed by atoms with van der Waals surface area (Å²) in [4.78, 5) is 10.3. The van der Waals surface area contributed by atoms with Crippen LogP contribution in [0.1, 0.15) is 25.7 Å². The van der Waals surface area contributed by atoms with E-state index in [9.17, 15) is 18.5 Å². The first-order chi connectivity index (χ1) is 9.44. The van der Waals surface area contributed by atoms with E-state index in [1.807, 2.05) is 0 Å². The number of sulfonamides is 1. The summed E-state index contributed by atoms with van der Waals surface area (Å²) in [6.07, 6.45) is 5.16. The first-order valence-corrected chi connectivity index (χ1v) is 8.11. The summed E-state index contributed by atoms with van der Waals surface area (Å²) in [5, 5.41) is 14.2. The molecule has 0 saturated carbocycles. The van der Waals surface area contributed by atoms with Crippen LogP contribution in [0, 0.1) is 10.1 Å². The van der Waals surface area contributed by atoms with E-state index in [1.54, 1.807) is 6.08 Å². The van der Waals surface area contributed by atoms with Crippen LogP contribution in [0.4, 0.5) is 0 Å². The van der Waals surface area contributed by atoms with Crippen LogP contribution in [0.25, 0.3) is 0 Å². The largest absolute Gasteiger partial charge is 0.317 e. The maximum Gasteiger partial charge on any atom is 0.266 e. The molecule has 0 amide bonds. The van der Waals surface area contributed by atoms with Crippen LogP contribution in [0.15, 0.2) is 22.8 Å². The van der Waals surface area contributed by atoms with Gasteiger partial charge in [-0.25, -0.2) is 8.42 Å². The minimum absolute atomic E-state index is 0.0999. The molecule has 1 N–H and O–H groups in total. The molecule has 2 rings (SSSR count). The molecule has 0 atom stereocenters. The number of hydrogen-bond acceptors (Lipinski definition) is 5. The zero-order chi connectivity index (χ0) is 14.8. The number of hydrogen-bond donors (Lipinski definition) is 1. The van der Waals surface area contributed by atoms with E-state index in [1.165, 1.54) is 17.4 Å². The Morgan fingerprint density at radius 1 is 1.40 bits per heavy atom. The van der Waals surface area contributed by atoms with Crippen molar-refractivity contribution in [1.29, 1.82) is 0 Å². The van der Waals surface area contributed by atoms with Gasteiger partial charge in [0, 0.05) is 19.5 Å². The van der Waals surface area contributed by atoms with Crippen molar-refractivity contribution >= 4 is 10.0 Å².